The Kier molecular flexibility index (Phi) is 9.58. The third-order valence-electron chi connectivity index (χ3n) is 8.57. The number of ether oxygens (including phenoxy) is 6. The van der Waals surface area contributed by atoms with Crippen molar-refractivity contribution < 1.29 is 42.8 Å². The lowest BCUT2D eigenvalue weighted by molar-refractivity contribution is 0.0224. The Balaban J connectivity index is 1.39. The molecule has 0 fully saturated rings. The molecular weight excluding hydrogens is 713 g/mol. The van der Waals surface area contributed by atoms with Crippen LogP contribution < -0.4 is 34.5 Å². The number of esters is 2. The molecule has 1 spiro atoms. The molecule has 14 heteroatoms. The van der Waals surface area contributed by atoms with Crippen molar-refractivity contribution in [1.82, 2.24) is 5.32 Å². The monoisotopic (exact) mass is 749 g/mol. The number of rotatable bonds is 8. The summed E-state index contributed by atoms with van der Waals surface area (Å²) >= 11 is 13.9. The van der Waals surface area contributed by atoms with Crippen LogP contribution in [0.4, 0.5) is 16.2 Å². The van der Waals surface area contributed by atoms with Gasteiger partial charge in [-0.1, -0.05) is 23.2 Å². The van der Waals surface area contributed by atoms with Gasteiger partial charge < -0.3 is 44.0 Å². The van der Waals surface area contributed by atoms with Gasteiger partial charge in [0.25, 0.3) is 0 Å². The first kappa shape index (κ1) is 36.5. The van der Waals surface area contributed by atoms with Crippen molar-refractivity contribution in [2.75, 3.05) is 45.6 Å². The second kappa shape index (κ2) is 13.7. The Morgan fingerprint density at radius 2 is 1.56 bits per heavy atom. The molecule has 0 bridgehead atoms. The van der Waals surface area contributed by atoms with Crippen LogP contribution in [-0.2, 0) is 21.6 Å². The molecule has 2 heterocycles. The Morgan fingerprint density at radius 1 is 0.923 bits per heavy atom. The summed E-state index contributed by atoms with van der Waals surface area (Å²) in [6.07, 6.45) is -0.635. The molecule has 12 nitrogen and oxygen atoms in total. The molecule has 272 valence electrons. The van der Waals surface area contributed by atoms with E-state index in [2.05, 4.69) is 10.6 Å². The van der Waals surface area contributed by atoms with Crippen molar-refractivity contribution in [3.8, 4) is 28.7 Å². The van der Waals surface area contributed by atoms with Crippen molar-refractivity contribution in [2.24, 2.45) is 0 Å². The molecule has 0 saturated heterocycles. The lowest BCUT2D eigenvalue weighted by atomic mass is 9.77. The highest BCUT2D eigenvalue weighted by atomic mass is 35.5. The zero-order valence-electron chi connectivity index (χ0n) is 29.8. The number of hydrogen-bond donors (Lipinski definition) is 2. The number of alkyl carbamates (subject to hydrolysis) is 1. The number of benzene rings is 4. The van der Waals surface area contributed by atoms with Crippen LogP contribution in [0.1, 0.15) is 63.7 Å². The molecule has 2 aliphatic rings. The predicted octanol–water partition coefficient (Wildman–Crippen LogP) is 7.93. The fourth-order valence-electron chi connectivity index (χ4n) is 6.24. The average molecular weight is 751 g/mol. The van der Waals surface area contributed by atoms with Gasteiger partial charge in [0, 0.05) is 73.5 Å². The molecule has 0 radical (unpaired) electrons. The average Bonchev–Trinajstić information content (AvgIpc) is 3.40. The van der Waals surface area contributed by atoms with Gasteiger partial charge >= 0.3 is 18.0 Å². The van der Waals surface area contributed by atoms with Crippen LogP contribution in [0, 0.1) is 0 Å². The minimum Gasteiger partial charge on any atom is -0.496 e. The number of carbonyl (C=O) groups excluding carboxylic acids is 3. The van der Waals surface area contributed by atoms with E-state index in [-0.39, 0.29) is 50.5 Å². The molecule has 2 aliphatic heterocycles. The van der Waals surface area contributed by atoms with Crippen LogP contribution in [0.15, 0.2) is 54.6 Å². The highest BCUT2D eigenvalue weighted by molar-refractivity contribution is 6.39. The second-order valence-corrected chi connectivity index (χ2v) is 14.0. The molecule has 0 aromatic heterocycles. The lowest BCUT2D eigenvalue weighted by Gasteiger charge is -2.37. The number of carbonyl (C=O) groups is 3. The molecule has 0 saturated carbocycles. The van der Waals surface area contributed by atoms with Crippen LogP contribution in [0.2, 0.25) is 10.0 Å². The number of nitrogens with zero attached hydrogens (tertiary/aromatic N) is 1. The number of halogens is 2. The maximum atomic E-state index is 13.9. The summed E-state index contributed by atoms with van der Waals surface area (Å²) in [5.74, 6) is -0.231. The number of amides is 1. The van der Waals surface area contributed by atoms with Gasteiger partial charge in [0.15, 0.2) is 5.60 Å². The standard InChI is InChI=1S/C38H37Cl2N3O9/c1-37(2,3)52-36(46)42-18-23-27(47-7)15-21(16-28(23)48-8)49-34(44)22-17-26(39)32-31(33(22)40)35(45)51-38(32)24-11-9-19(41-4)13-29(24)50-30-14-20(43(5)6)10-12-25(30)38/h9-17,41H,18H2,1-8H3,(H,42,46). The molecule has 1 unspecified atom stereocenters. The molecule has 2 N–H and O–H groups in total. The summed E-state index contributed by atoms with van der Waals surface area (Å²) in [6.45, 7) is 5.25. The zero-order chi connectivity index (χ0) is 37.7. The summed E-state index contributed by atoms with van der Waals surface area (Å²) in [5, 5.41) is 5.61. The first-order valence-electron chi connectivity index (χ1n) is 16.1. The SMILES string of the molecule is CNc1ccc2c(c1)Oc1cc(N(C)C)ccc1C21OC(=O)c2c(Cl)c(C(=O)Oc3cc(OC)c(CNC(=O)OC(C)(C)C)c(OC)c3)cc(Cl)c21. The largest absolute Gasteiger partial charge is 0.496 e. The van der Waals surface area contributed by atoms with Crippen molar-refractivity contribution in [1.29, 1.82) is 0 Å². The topological polar surface area (TPSA) is 134 Å². The van der Waals surface area contributed by atoms with Crippen molar-refractivity contribution in [3.05, 3.63) is 98.0 Å². The van der Waals surface area contributed by atoms with Crippen molar-refractivity contribution >= 4 is 52.6 Å². The molecule has 0 aliphatic carbocycles. The Hall–Kier alpha value is -5.33. The van der Waals surface area contributed by atoms with E-state index in [1.165, 1.54) is 32.4 Å². The van der Waals surface area contributed by atoms with Crippen LogP contribution in [0.3, 0.4) is 0 Å². The first-order chi connectivity index (χ1) is 24.6. The van der Waals surface area contributed by atoms with Gasteiger partial charge in [-0.3, -0.25) is 0 Å². The molecule has 52 heavy (non-hydrogen) atoms. The smallest absolute Gasteiger partial charge is 0.407 e. The fraction of sp³-hybridized carbons (Fsp3) is 0.289. The molecule has 1 atom stereocenters. The molecular formula is C38H37Cl2N3O9. The Morgan fingerprint density at radius 3 is 2.15 bits per heavy atom. The summed E-state index contributed by atoms with van der Waals surface area (Å²) in [4.78, 5) is 41.9. The summed E-state index contributed by atoms with van der Waals surface area (Å²) in [7, 11) is 8.43. The summed E-state index contributed by atoms with van der Waals surface area (Å²) in [6, 6.07) is 15.2. The van der Waals surface area contributed by atoms with E-state index in [9.17, 15) is 14.4 Å². The Bertz CT molecular complexity index is 2100. The number of anilines is 2. The molecule has 4 aromatic carbocycles. The fourth-order valence-corrected chi connectivity index (χ4v) is 6.88. The maximum absolute atomic E-state index is 13.9. The van der Waals surface area contributed by atoms with Gasteiger partial charge in [-0.05, 0) is 51.1 Å². The van der Waals surface area contributed by atoms with Crippen molar-refractivity contribution in [2.45, 2.75) is 38.5 Å². The van der Waals surface area contributed by atoms with E-state index < -0.39 is 29.2 Å². The van der Waals surface area contributed by atoms with E-state index in [1.54, 1.807) is 40.0 Å². The highest BCUT2D eigenvalue weighted by Crippen LogP contribution is 2.59. The quantitative estimate of drug-likeness (QED) is 0.134. The van der Waals surface area contributed by atoms with E-state index in [4.69, 9.17) is 51.6 Å². The van der Waals surface area contributed by atoms with Gasteiger partial charge in [-0.15, -0.1) is 0 Å². The summed E-state index contributed by atoms with van der Waals surface area (Å²) < 4.78 is 34.8. The van der Waals surface area contributed by atoms with Gasteiger partial charge in [0.2, 0.25) is 0 Å². The van der Waals surface area contributed by atoms with E-state index in [1.807, 2.05) is 43.3 Å². The van der Waals surface area contributed by atoms with Crippen LogP contribution >= 0.6 is 23.2 Å². The third kappa shape index (κ3) is 6.37. The van der Waals surface area contributed by atoms with Crippen LogP contribution in [0.5, 0.6) is 28.7 Å². The van der Waals surface area contributed by atoms with Crippen LogP contribution in [0.25, 0.3) is 0 Å². The minimum atomic E-state index is -1.54. The van der Waals surface area contributed by atoms with Gasteiger partial charge in [0.05, 0.1) is 47.5 Å². The maximum Gasteiger partial charge on any atom is 0.407 e. The van der Waals surface area contributed by atoms with Gasteiger partial charge in [-0.25, -0.2) is 14.4 Å². The lowest BCUT2D eigenvalue weighted by Crippen LogP contribution is -2.33. The Labute approximate surface area is 310 Å². The minimum absolute atomic E-state index is 0.00434. The normalized spacial score (nSPS) is 15.4. The number of fused-ring (bicyclic) bond motifs is 6. The van der Waals surface area contributed by atoms with E-state index >= 15 is 0 Å². The molecule has 1 amide bonds. The second-order valence-electron chi connectivity index (χ2n) is 13.2. The molecule has 6 rings (SSSR count). The summed E-state index contributed by atoms with van der Waals surface area (Å²) in [5.41, 5.74) is 0.942. The molecule has 4 aromatic rings. The first-order valence-corrected chi connectivity index (χ1v) is 16.9. The number of methoxy groups -OCH3 is 2. The third-order valence-corrected chi connectivity index (χ3v) is 9.26. The van der Waals surface area contributed by atoms with Gasteiger partial charge in [0.1, 0.15) is 34.3 Å². The predicted molar refractivity (Wildman–Crippen MR) is 196 cm³/mol. The number of nitrogens with one attached hydrogen (secondary N) is 2. The number of hydrogen-bond acceptors (Lipinski definition) is 11. The van der Waals surface area contributed by atoms with Gasteiger partial charge in [-0.2, -0.15) is 0 Å². The van der Waals surface area contributed by atoms with E-state index in [0.29, 0.717) is 28.2 Å². The van der Waals surface area contributed by atoms with E-state index in [0.717, 1.165) is 11.4 Å². The zero-order valence-corrected chi connectivity index (χ0v) is 31.3. The van der Waals surface area contributed by atoms with Crippen molar-refractivity contribution in [3.63, 3.8) is 0 Å². The highest BCUT2D eigenvalue weighted by Gasteiger charge is 2.56. The van der Waals surface area contributed by atoms with Crippen LogP contribution in [-0.4, -0.2) is 59.0 Å².